The van der Waals surface area contributed by atoms with Gasteiger partial charge in [-0.3, -0.25) is 9.59 Å². The number of oxime groups is 1. The Hall–Kier alpha value is -3.59. The predicted molar refractivity (Wildman–Crippen MR) is 101 cm³/mol. The average Bonchev–Trinajstić information content (AvgIpc) is 2.97. The number of nitrogens with one attached hydrogen (secondary N) is 2. The van der Waals surface area contributed by atoms with Gasteiger partial charge in [-0.25, -0.2) is 4.39 Å². The summed E-state index contributed by atoms with van der Waals surface area (Å²) in [5.41, 5.74) is -1.64. The first-order valence-corrected chi connectivity index (χ1v) is 8.74. The van der Waals surface area contributed by atoms with Gasteiger partial charge in [-0.1, -0.05) is 16.8 Å². The van der Waals surface area contributed by atoms with E-state index in [1.54, 1.807) is 11.4 Å². The highest BCUT2D eigenvalue weighted by Gasteiger charge is 2.38. The number of hydrogen-bond acceptors (Lipinski definition) is 5. The van der Waals surface area contributed by atoms with Crippen LogP contribution in [0.15, 0.2) is 29.6 Å². The molecule has 0 spiro atoms. The molecule has 0 saturated heterocycles. The molecule has 2 aromatic rings. The molecule has 0 aliphatic rings. The van der Waals surface area contributed by atoms with E-state index in [-0.39, 0.29) is 27.5 Å². The summed E-state index contributed by atoms with van der Waals surface area (Å²) < 4.78 is 52.6. The van der Waals surface area contributed by atoms with Crippen molar-refractivity contribution in [2.24, 2.45) is 12.2 Å². The van der Waals surface area contributed by atoms with Crippen molar-refractivity contribution in [2.75, 3.05) is 5.32 Å². The van der Waals surface area contributed by atoms with Gasteiger partial charge >= 0.3 is 6.18 Å². The van der Waals surface area contributed by atoms with Crippen molar-refractivity contribution < 1.29 is 32.4 Å². The lowest BCUT2D eigenvalue weighted by molar-refractivity contribution is -0.156. The van der Waals surface area contributed by atoms with Crippen LogP contribution in [0.25, 0.3) is 0 Å². The maximum absolute atomic E-state index is 13.4. The van der Waals surface area contributed by atoms with Gasteiger partial charge in [0.1, 0.15) is 23.6 Å². The highest BCUT2D eigenvalue weighted by molar-refractivity contribution is 6.49. The van der Waals surface area contributed by atoms with Gasteiger partial charge in [0.2, 0.25) is 0 Å². The fraction of sp³-hybridized carbons (Fsp3) is 0.222. The molecule has 31 heavy (non-hydrogen) atoms. The monoisotopic (exact) mass is 459 g/mol. The summed E-state index contributed by atoms with van der Waals surface area (Å²) in [6, 6.07) is 2.61. The standard InChI is InChI=1S/C18H14ClF4N5O3/c1-8(18(21,22)23)25-16(29)14(27-31)11-7-28(2)15(13(11)19)17(30)26-10-3-4-12(20)9(5-10)6-24/h3-5,7-8,31H,1-2H3,(H,25,29)(H,26,30)/b27-14-. The fourth-order valence-corrected chi connectivity index (χ4v) is 2.83. The van der Waals surface area contributed by atoms with Crippen molar-refractivity contribution in [2.45, 2.75) is 19.1 Å². The van der Waals surface area contributed by atoms with Crippen molar-refractivity contribution in [1.82, 2.24) is 9.88 Å². The van der Waals surface area contributed by atoms with Gasteiger partial charge in [0.25, 0.3) is 11.8 Å². The van der Waals surface area contributed by atoms with Crippen LogP contribution in [0.5, 0.6) is 0 Å². The first kappa shape index (κ1) is 23.7. The smallest absolute Gasteiger partial charge is 0.408 e. The number of aryl methyl sites for hydroxylation is 1. The largest absolute Gasteiger partial charge is 0.410 e. The summed E-state index contributed by atoms with van der Waals surface area (Å²) in [6.07, 6.45) is -3.63. The van der Waals surface area contributed by atoms with Crippen molar-refractivity contribution in [3.8, 4) is 6.07 Å². The Morgan fingerprint density at radius 1 is 1.35 bits per heavy atom. The minimum absolute atomic E-state index is 0.0644. The maximum Gasteiger partial charge on any atom is 0.408 e. The second-order valence-electron chi connectivity index (χ2n) is 6.26. The minimum atomic E-state index is -4.74. The van der Waals surface area contributed by atoms with Crippen molar-refractivity contribution >= 4 is 34.8 Å². The van der Waals surface area contributed by atoms with Gasteiger partial charge in [-0.2, -0.15) is 18.4 Å². The molecule has 1 atom stereocenters. The zero-order valence-electron chi connectivity index (χ0n) is 15.9. The second-order valence-corrected chi connectivity index (χ2v) is 6.64. The zero-order valence-corrected chi connectivity index (χ0v) is 16.6. The van der Waals surface area contributed by atoms with E-state index < -0.39 is 35.6 Å². The Kier molecular flexibility index (Phi) is 6.91. The van der Waals surface area contributed by atoms with E-state index >= 15 is 0 Å². The number of benzene rings is 1. The molecule has 3 N–H and O–H groups in total. The number of carbonyl (C=O) groups is 2. The lowest BCUT2D eigenvalue weighted by Crippen LogP contribution is -2.46. The molecule has 1 heterocycles. The highest BCUT2D eigenvalue weighted by atomic mass is 35.5. The zero-order chi connectivity index (χ0) is 23.5. The lowest BCUT2D eigenvalue weighted by atomic mass is 10.1. The van der Waals surface area contributed by atoms with Crippen LogP contribution < -0.4 is 10.6 Å². The van der Waals surface area contributed by atoms with Crippen LogP contribution in [-0.2, 0) is 11.8 Å². The van der Waals surface area contributed by atoms with Crippen LogP contribution in [0.3, 0.4) is 0 Å². The molecule has 2 amide bonds. The molecule has 1 unspecified atom stereocenters. The number of alkyl halides is 3. The molecule has 0 aliphatic carbocycles. The van der Waals surface area contributed by atoms with Crippen molar-refractivity contribution in [1.29, 1.82) is 5.26 Å². The number of anilines is 1. The van der Waals surface area contributed by atoms with E-state index in [4.69, 9.17) is 22.1 Å². The quantitative estimate of drug-likeness (QED) is 0.275. The molecular weight excluding hydrogens is 446 g/mol. The number of amides is 2. The molecule has 0 saturated carbocycles. The molecule has 0 bridgehead atoms. The molecule has 8 nitrogen and oxygen atoms in total. The van der Waals surface area contributed by atoms with E-state index in [1.165, 1.54) is 13.1 Å². The summed E-state index contributed by atoms with van der Waals surface area (Å²) in [5.74, 6) is -3.00. The molecular formula is C18H14ClF4N5O3. The van der Waals surface area contributed by atoms with Crippen molar-refractivity contribution in [3.63, 3.8) is 0 Å². The van der Waals surface area contributed by atoms with Crippen LogP contribution in [0.1, 0.15) is 28.5 Å². The molecule has 0 aliphatic heterocycles. The molecule has 2 rings (SSSR count). The van der Waals surface area contributed by atoms with Crippen molar-refractivity contribution in [3.05, 3.63) is 52.1 Å². The molecule has 1 aromatic heterocycles. The van der Waals surface area contributed by atoms with Gasteiger partial charge in [-0.05, 0) is 25.1 Å². The molecule has 164 valence electrons. The van der Waals surface area contributed by atoms with Gasteiger partial charge in [0, 0.05) is 24.5 Å². The molecule has 0 fully saturated rings. The van der Waals surface area contributed by atoms with E-state index in [9.17, 15) is 27.2 Å². The van der Waals surface area contributed by atoms with E-state index in [2.05, 4.69) is 10.5 Å². The van der Waals surface area contributed by atoms with Crippen LogP contribution in [-0.4, -0.2) is 39.5 Å². The van der Waals surface area contributed by atoms with Crippen LogP contribution in [0.4, 0.5) is 23.2 Å². The van der Waals surface area contributed by atoms with Gasteiger partial charge in [0.15, 0.2) is 5.71 Å². The molecule has 1 aromatic carbocycles. The summed E-state index contributed by atoms with van der Waals surface area (Å²) in [4.78, 5) is 24.7. The summed E-state index contributed by atoms with van der Waals surface area (Å²) in [5, 5.41) is 24.4. The Morgan fingerprint density at radius 2 is 2.00 bits per heavy atom. The third-order valence-corrected chi connectivity index (χ3v) is 4.47. The Balaban J connectivity index is 2.33. The summed E-state index contributed by atoms with van der Waals surface area (Å²) in [6.45, 7) is 0.691. The fourth-order valence-electron chi connectivity index (χ4n) is 2.47. The van der Waals surface area contributed by atoms with Crippen LogP contribution >= 0.6 is 11.6 Å². The Morgan fingerprint density at radius 3 is 2.55 bits per heavy atom. The van der Waals surface area contributed by atoms with Gasteiger partial charge < -0.3 is 20.4 Å². The first-order valence-electron chi connectivity index (χ1n) is 8.36. The van der Waals surface area contributed by atoms with Gasteiger partial charge in [0.05, 0.1) is 10.6 Å². The third-order valence-electron chi connectivity index (χ3n) is 4.09. The predicted octanol–water partition coefficient (Wildman–Crippen LogP) is 3.19. The summed E-state index contributed by atoms with van der Waals surface area (Å²) in [7, 11) is 1.35. The third kappa shape index (κ3) is 5.13. The van der Waals surface area contributed by atoms with E-state index in [0.29, 0.717) is 6.92 Å². The van der Waals surface area contributed by atoms with Gasteiger partial charge in [-0.15, -0.1) is 0 Å². The number of carbonyl (C=O) groups excluding carboxylic acids is 2. The highest BCUT2D eigenvalue weighted by Crippen LogP contribution is 2.26. The molecule has 13 heteroatoms. The number of halogens is 5. The normalized spacial score (nSPS) is 12.8. The number of hydrogen-bond donors (Lipinski definition) is 3. The van der Waals surface area contributed by atoms with E-state index in [1.807, 2.05) is 0 Å². The lowest BCUT2D eigenvalue weighted by Gasteiger charge is -2.17. The number of rotatable bonds is 5. The number of aromatic nitrogens is 1. The number of nitrogens with zero attached hydrogens (tertiary/aromatic N) is 3. The SMILES string of the molecule is CC(NC(=O)/C(=N\O)c1cn(C)c(C(=O)Nc2ccc(F)c(C#N)c2)c1Cl)C(F)(F)F. The van der Waals surface area contributed by atoms with Crippen LogP contribution in [0, 0.1) is 17.1 Å². The minimum Gasteiger partial charge on any atom is -0.410 e. The topological polar surface area (TPSA) is 120 Å². The summed E-state index contributed by atoms with van der Waals surface area (Å²) >= 11 is 6.13. The first-order chi connectivity index (χ1) is 14.4. The number of nitriles is 1. The maximum atomic E-state index is 13.4. The average molecular weight is 460 g/mol. The Bertz CT molecular complexity index is 1100. The van der Waals surface area contributed by atoms with E-state index in [0.717, 1.165) is 22.9 Å². The Labute approximate surface area is 177 Å². The van der Waals surface area contributed by atoms with Crippen LogP contribution in [0.2, 0.25) is 5.02 Å². The molecule has 0 radical (unpaired) electrons. The second kappa shape index (κ2) is 9.05.